The molecule has 0 aliphatic heterocycles. The predicted octanol–water partition coefficient (Wildman–Crippen LogP) is 13.5. The molecule has 0 heterocycles. The number of fused-ring (bicyclic) bond motifs is 2. The Kier molecular flexibility index (Phi) is 7.11. The van der Waals surface area contributed by atoms with Gasteiger partial charge in [-0.2, -0.15) is 0 Å². The first kappa shape index (κ1) is 30.4. The first-order chi connectivity index (χ1) is 25.6. The van der Waals surface area contributed by atoms with Gasteiger partial charge in [0.25, 0.3) is 0 Å². The van der Waals surface area contributed by atoms with Crippen LogP contribution in [0.25, 0.3) is 43.5 Å². The van der Waals surface area contributed by atoms with Crippen LogP contribution in [0.15, 0.2) is 176 Å². The quantitative estimate of drug-likeness (QED) is 0.174. The van der Waals surface area contributed by atoms with E-state index in [1.807, 2.05) is 0 Å². The maximum atomic E-state index is 2.56. The van der Waals surface area contributed by atoms with Gasteiger partial charge < -0.3 is 9.80 Å². The summed E-state index contributed by atoms with van der Waals surface area (Å²) < 4.78 is 0. The molecule has 0 amide bonds. The van der Waals surface area contributed by atoms with E-state index >= 15 is 0 Å². The molecule has 1 atom stereocenters. The van der Waals surface area contributed by atoms with Gasteiger partial charge in [0.1, 0.15) is 0 Å². The highest BCUT2D eigenvalue weighted by molar-refractivity contribution is 6.12. The minimum absolute atomic E-state index is 0.0223. The third-order valence-electron chi connectivity index (χ3n) is 11.2. The summed E-state index contributed by atoms with van der Waals surface area (Å²) in [4.78, 5) is 5.02. The molecule has 8 aromatic rings. The molecule has 2 heteroatoms. The van der Waals surface area contributed by atoms with Crippen molar-refractivity contribution in [3.63, 3.8) is 0 Å². The fraction of sp³-hybridized carbons (Fsp3) is 0.0800. The lowest BCUT2D eigenvalue weighted by Gasteiger charge is -2.40. The van der Waals surface area contributed by atoms with Crippen molar-refractivity contribution in [2.24, 2.45) is 0 Å². The van der Waals surface area contributed by atoms with Crippen LogP contribution in [-0.2, 0) is 6.42 Å². The second kappa shape index (κ2) is 12.1. The molecule has 1 unspecified atom stereocenters. The fourth-order valence-electron chi connectivity index (χ4n) is 8.76. The Bertz CT molecular complexity index is 2730. The van der Waals surface area contributed by atoms with Gasteiger partial charge in [-0.3, -0.25) is 0 Å². The molecular formula is C50H38N2. The van der Waals surface area contributed by atoms with Crippen LogP contribution in [0, 0.1) is 6.92 Å². The van der Waals surface area contributed by atoms with Crippen LogP contribution in [0.3, 0.4) is 0 Å². The number of allylic oxidation sites excluding steroid dienone is 2. The Morgan fingerprint density at radius 3 is 2.02 bits per heavy atom. The van der Waals surface area contributed by atoms with E-state index in [1.165, 1.54) is 82.8 Å². The predicted molar refractivity (Wildman–Crippen MR) is 223 cm³/mol. The van der Waals surface area contributed by atoms with Crippen molar-refractivity contribution in [1.82, 2.24) is 0 Å². The normalized spacial score (nSPS) is 14.7. The number of hydrogen-bond acceptors (Lipinski definition) is 2. The summed E-state index contributed by atoms with van der Waals surface area (Å²) in [5.41, 5.74) is 14.1. The van der Waals surface area contributed by atoms with Crippen LogP contribution < -0.4 is 9.80 Å². The van der Waals surface area contributed by atoms with E-state index in [0.29, 0.717) is 0 Å². The van der Waals surface area contributed by atoms with Gasteiger partial charge in [-0.25, -0.2) is 0 Å². The van der Waals surface area contributed by atoms with Crippen molar-refractivity contribution in [3.8, 4) is 0 Å². The van der Waals surface area contributed by atoms with Gasteiger partial charge in [0, 0.05) is 33.5 Å². The third-order valence-corrected chi connectivity index (χ3v) is 11.2. The van der Waals surface area contributed by atoms with E-state index in [9.17, 15) is 0 Å². The zero-order valence-corrected chi connectivity index (χ0v) is 29.4. The number of nitrogens with zero attached hydrogens (tertiary/aromatic N) is 2. The fourth-order valence-corrected chi connectivity index (χ4v) is 8.76. The number of hydrogen-bond donors (Lipinski definition) is 0. The van der Waals surface area contributed by atoms with E-state index < -0.39 is 0 Å². The molecule has 248 valence electrons. The molecule has 52 heavy (non-hydrogen) atoms. The van der Waals surface area contributed by atoms with Gasteiger partial charge in [-0.15, -0.1) is 0 Å². The Labute approximate surface area is 305 Å². The van der Waals surface area contributed by atoms with Gasteiger partial charge in [0.2, 0.25) is 0 Å². The monoisotopic (exact) mass is 666 g/mol. The number of rotatable bonds is 6. The van der Waals surface area contributed by atoms with Crippen LogP contribution in [0.2, 0.25) is 0 Å². The van der Waals surface area contributed by atoms with Gasteiger partial charge in [0.05, 0.1) is 11.7 Å². The molecule has 10 rings (SSSR count). The zero-order chi connectivity index (χ0) is 34.8. The zero-order valence-electron chi connectivity index (χ0n) is 29.4. The van der Waals surface area contributed by atoms with Crippen LogP contribution >= 0.6 is 0 Å². The first-order valence-corrected chi connectivity index (χ1v) is 18.3. The summed E-state index contributed by atoms with van der Waals surface area (Å²) in [6.45, 7) is 4.60. The van der Waals surface area contributed by atoms with Crippen molar-refractivity contribution >= 4 is 71.9 Å². The summed E-state index contributed by atoms with van der Waals surface area (Å²) in [5, 5.41) is 7.66. The highest BCUT2D eigenvalue weighted by Gasteiger charge is 2.34. The largest absolute Gasteiger partial charge is 0.330 e. The first-order valence-electron chi connectivity index (χ1n) is 18.3. The molecule has 2 aliphatic carbocycles. The Morgan fingerprint density at radius 1 is 0.519 bits per heavy atom. The molecule has 0 bridgehead atoms. The minimum Gasteiger partial charge on any atom is -0.330 e. The van der Waals surface area contributed by atoms with Gasteiger partial charge in [-0.05, 0) is 124 Å². The van der Waals surface area contributed by atoms with Crippen molar-refractivity contribution < 1.29 is 0 Å². The molecule has 0 saturated heterocycles. The molecule has 0 N–H and O–H groups in total. The minimum atomic E-state index is 0.0223. The van der Waals surface area contributed by atoms with Gasteiger partial charge >= 0.3 is 0 Å². The Hall–Kier alpha value is -6.38. The summed E-state index contributed by atoms with van der Waals surface area (Å²) in [6, 6.07) is 59.9. The van der Waals surface area contributed by atoms with E-state index in [4.69, 9.17) is 0 Å². The average molecular weight is 667 g/mol. The SMILES string of the molecule is CC1=CC(N(c2ccccc2)c2cccc3ccccc23)C2=CCc3c(C)cc(N(c4ccccc4)c4ccc5ccccc5c4)c4ccc1c2c34. The Morgan fingerprint density at radius 2 is 1.21 bits per heavy atom. The Balaban J connectivity index is 1.21. The van der Waals surface area contributed by atoms with E-state index in [0.717, 1.165) is 17.8 Å². The molecule has 0 saturated carbocycles. The number of anilines is 5. The van der Waals surface area contributed by atoms with Crippen LogP contribution in [0.4, 0.5) is 28.4 Å². The van der Waals surface area contributed by atoms with Crippen LogP contribution in [-0.4, -0.2) is 6.04 Å². The van der Waals surface area contributed by atoms with Crippen molar-refractivity contribution in [1.29, 1.82) is 0 Å². The molecule has 2 aliphatic rings. The number of benzene rings is 8. The maximum absolute atomic E-state index is 2.56. The average Bonchev–Trinajstić information content (AvgIpc) is 3.20. The number of para-hydroxylation sites is 2. The molecule has 2 nitrogen and oxygen atoms in total. The van der Waals surface area contributed by atoms with Crippen molar-refractivity contribution in [2.45, 2.75) is 26.3 Å². The van der Waals surface area contributed by atoms with E-state index in [2.05, 4.69) is 200 Å². The lowest BCUT2D eigenvalue weighted by Crippen LogP contribution is -2.34. The lowest BCUT2D eigenvalue weighted by atomic mass is 9.75. The molecule has 0 spiro atoms. The number of aryl methyl sites for hydroxylation is 1. The summed E-state index contributed by atoms with van der Waals surface area (Å²) in [6.07, 6.45) is 5.90. The molecule has 0 aromatic heterocycles. The standard InChI is InChI=1S/C50H38N2/c1-33-30-47(51(38-18-5-3-6-19-38)40-25-24-35-14-9-10-16-37(35)32-40)44-28-26-42-34(2)31-48(45-29-27-41(33)49(44)50(42)45)52(39-20-7-4-8-21-39)46-23-13-17-36-15-11-12-22-43(36)46/h3-26,28-32,48H,27H2,1-2H3. The van der Waals surface area contributed by atoms with Crippen molar-refractivity contribution in [2.75, 3.05) is 9.80 Å². The molecular weight excluding hydrogens is 629 g/mol. The lowest BCUT2D eigenvalue weighted by molar-refractivity contribution is 0.948. The maximum Gasteiger partial charge on any atom is 0.0784 e. The smallest absolute Gasteiger partial charge is 0.0784 e. The second-order valence-electron chi connectivity index (χ2n) is 14.2. The van der Waals surface area contributed by atoms with Crippen LogP contribution in [0.1, 0.15) is 29.2 Å². The van der Waals surface area contributed by atoms with Gasteiger partial charge in [-0.1, -0.05) is 127 Å². The highest BCUT2D eigenvalue weighted by atomic mass is 15.2. The highest BCUT2D eigenvalue weighted by Crippen LogP contribution is 2.51. The summed E-state index contributed by atoms with van der Waals surface area (Å²) in [7, 11) is 0. The van der Waals surface area contributed by atoms with E-state index in [-0.39, 0.29) is 6.04 Å². The second-order valence-corrected chi connectivity index (χ2v) is 14.2. The molecule has 0 radical (unpaired) electrons. The summed E-state index contributed by atoms with van der Waals surface area (Å²) >= 11 is 0. The molecule has 0 fully saturated rings. The van der Waals surface area contributed by atoms with Crippen molar-refractivity contribution in [3.05, 3.63) is 198 Å². The summed E-state index contributed by atoms with van der Waals surface area (Å²) in [5.74, 6) is 0. The van der Waals surface area contributed by atoms with E-state index in [1.54, 1.807) is 0 Å². The third kappa shape index (κ3) is 4.79. The van der Waals surface area contributed by atoms with Gasteiger partial charge in [0.15, 0.2) is 0 Å². The van der Waals surface area contributed by atoms with Crippen LogP contribution in [0.5, 0.6) is 0 Å². The topological polar surface area (TPSA) is 6.48 Å². The molecule has 8 aromatic carbocycles.